The number of nitrogens with zero attached hydrogens (tertiary/aromatic N) is 2. The van der Waals surface area contributed by atoms with Gasteiger partial charge in [-0.2, -0.15) is 0 Å². The second-order valence-corrected chi connectivity index (χ2v) is 3.88. The van der Waals surface area contributed by atoms with Crippen molar-refractivity contribution in [1.82, 2.24) is 4.98 Å². The molecule has 0 saturated carbocycles. The molecule has 2 unspecified atom stereocenters. The molecule has 98 valence electrons. The number of hydrogen-bond donors (Lipinski definition) is 3. The number of amides is 1. The third kappa shape index (κ3) is 3.13. The highest BCUT2D eigenvalue weighted by Gasteiger charge is 2.26. The number of halogens is 1. The van der Waals surface area contributed by atoms with Gasteiger partial charge in [0.2, 0.25) is 5.91 Å². The summed E-state index contributed by atoms with van der Waals surface area (Å²) < 4.78 is 0. The van der Waals surface area contributed by atoms with Crippen LogP contribution in [0.1, 0.15) is 18.1 Å². The van der Waals surface area contributed by atoms with Gasteiger partial charge in [-0.3, -0.25) is 19.9 Å². The number of aliphatic hydroxyl groups is 2. The lowest BCUT2D eigenvalue weighted by Gasteiger charge is -2.17. The average Bonchev–Trinajstić information content (AvgIpc) is 2.27. The number of carbonyl (C=O) groups is 1. The van der Waals surface area contributed by atoms with Crippen LogP contribution in [0.3, 0.4) is 0 Å². The minimum atomic E-state index is -1.59. The fourth-order valence-corrected chi connectivity index (χ4v) is 1.59. The Hall–Kier alpha value is -1.77. The average molecular weight is 276 g/mol. The first-order chi connectivity index (χ1) is 8.34. The Kier molecular flexibility index (Phi) is 4.54. The van der Waals surface area contributed by atoms with Crippen LogP contribution in [0.25, 0.3) is 0 Å². The molecule has 0 saturated heterocycles. The molecule has 1 aromatic rings. The van der Waals surface area contributed by atoms with Crippen LogP contribution in [0.2, 0.25) is 5.02 Å². The molecule has 0 aliphatic rings. The van der Waals surface area contributed by atoms with Crippen LogP contribution in [0, 0.1) is 10.1 Å². The van der Waals surface area contributed by atoms with Crippen molar-refractivity contribution in [2.45, 2.75) is 18.6 Å². The van der Waals surface area contributed by atoms with Crippen molar-refractivity contribution in [3.63, 3.8) is 0 Å². The van der Waals surface area contributed by atoms with Crippen molar-refractivity contribution in [1.29, 1.82) is 0 Å². The predicted molar refractivity (Wildman–Crippen MR) is 60.7 cm³/mol. The third-order valence-corrected chi connectivity index (χ3v) is 2.59. The van der Waals surface area contributed by atoms with Gasteiger partial charge in [0.05, 0.1) is 17.4 Å². The van der Waals surface area contributed by atoms with Crippen molar-refractivity contribution < 1.29 is 19.9 Å². The Morgan fingerprint density at radius 2 is 2.17 bits per heavy atom. The zero-order valence-electron chi connectivity index (χ0n) is 8.99. The first-order valence-corrected chi connectivity index (χ1v) is 5.14. The monoisotopic (exact) mass is 275 g/mol. The number of primary amides is 1. The Bertz CT molecular complexity index is 481. The standard InChI is InChI=1S/C9H10ClN3O5/c10-8-4(2-12-3-5(8)13(17)18)9(16)6(14)1-7(11)15/h2-3,6,9,14,16H,1H2,(H2,11,15). The minimum Gasteiger partial charge on any atom is -0.390 e. The Labute approximate surface area is 106 Å². The molecule has 1 rings (SSSR count). The first kappa shape index (κ1) is 14.3. The van der Waals surface area contributed by atoms with Gasteiger partial charge in [-0.1, -0.05) is 11.6 Å². The van der Waals surface area contributed by atoms with Gasteiger partial charge < -0.3 is 15.9 Å². The number of aliphatic hydroxyl groups excluding tert-OH is 2. The van der Waals surface area contributed by atoms with Gasteiger partial charge in [0.15, 0.2) is 0 Å². The number of hydrogen-bond acceptors (Lipinski definition) is 6. The Morgan fingerprint density at radius 1 is 1.56 bits per heavy atom. The van der Waals surface area contributed by atoms with E-state index < -0.39 is 35.1 Å². The summed E-state index contributed by atoms with van der Waals surface area (Å²) in [5.74, 6) is -0.823. The van der Waals surface area contributed by atoms with Gasteiger partial charge >= 0.3 is 5.69 Å². The highest BCUT2D eigenvalue weighted by Crippen LogP contribution is 2.32. The second-order valence-electron chi connectivity index (χ2n) is 3.50. The van der Waals surface area contributed by atoms with Crippen LogP contribution in [0.15, 0.2) is 12.4 Å². The zero-order valence-corrected chi connectivity index (χ0v) is 9.74. The molecule has 0 aromatic carbocycles. The van der Waals surface area contributed by atoms with Crippen LogP contribution in [-0.4, -0.2) is 32.1 Å². The summed E-state index contributed by atoms with van der Waals surface area (Å²) in [7, 11) is 0. The van der Waals surface area contributed by atoms with Gasteiger partial charge in [0.1, 0.15) is 17.3 Å². The quantitative estimate of drug-likeness (QED) is 0.507. The second kappa shape index (κ2) is 5.71. The molecule has 0 aliphatic heterocycles. The molecule has 4 N–H and O–H groups in total. The maximum Gasteiger partial charge on any atom is 0.306 e. The summed E-state index contributed by atoms with van der Waals surface area (Å²) >= 11 is 5.71. The van der Waals surface area contributed by atoms with E-state index in [0.717, 1.165) is 12.4 Å². The normalized spacial score (nSPS) is 13.9. The van der Waals surface area contributed by atoms with Gasteiger partial charge in [-0.15, -0.1) is 0 Å². The smallest absolute Gasteiger partial charge is 0.306 e. The molecule has 1 heterocycles. The maximum absolute atomic E-state index is 10.6. The topological polar surface area (TPSA) is 140 Å². The van der Waals surface area contributed by atoms with Gasteiger partial charge in [-0.25, -0.2) is 0 Å². The Morgan fingerprint density at radius 3 is 2.67 bits per heavy atom. The molecule has 1 amide bonds. The number of carbonyl (C=O) groups excluding carboxylic acids is 1. The molecule has 1 aromatic heterocycles. The van der Waals surface area contributed by atoms with E-state index >= 15 is 0 Å². The molecule has 8 nitrogen and oxygen atoms in total. The number of nitrogens with two attached hydrogens (primary N) is 1. The zero-order chi connectivity index (χ0) is 13.9. The van der Waals surface area contributed by atoms with E-state index in [2.05, 4.69) is 4.98 Å². The molecule has 0 spiro atoms. The summed E-state index contributed by atoms with van der Waals surface area (Å²) in [6, 6.07) is 0. The molecule has 0 bridgehead atoms. The predicted octanol–water partition coefficient (Wildman–Crippen LogP) is -0.0871. The summed E-state index contributed by atoms with van der Waals surface area (Å²) in [5.41, 5.74) is 4.22. The number of rotatable bonds is 5. The highest BCUT2D eigenvalue weighted by molar-refractivity contribution is 6.33. The fraction of sp³-hybridized carbons (Fsp3) is 0.333. The molecule has 0 radical (unpaired) electrons. The van der Waals surface area contributed by atoms with E-state index in [1.165, 1.54) is 0 Å². The van der Waals surface area contributed by atoms with Crippen molar-refractivity contribution in [2.75, 3.05) is 0 Å². The van der Waals surface area contributed by atoms with Crippen molar-refractivity contribution in [3.05, 3.63) is 33.1 Å². The van der Waals surface area contributed by atoms with Crippen LogP contribution >= 0.6 is 11.6 Å². The van der Waals surface area contributed by atoms with E-state index in [9.17, 15) is 25.1 Å². The Balaban J connectivity index is 3.06. The summed E-state index contributed by atoms with van der Waals surface area (Å²) in [5, 5.41) is 29.5. The summed E-state index contributed by atoms with van der Waals surface area (Å²) in [6.45, 7) is 0. The van der Waals surface area contributed by atoms with Gasteiger partial charge in [0, 0.05) is 11.8 Å². The SMILES string of the molecule is NC(=O)CC(O)C(O)c1cncc([N+](=O)[O-])c1Cl. The molecule has 2 atom stereocenters. The van der Waals surface area contributed by atoms with E-state index in [0.29, 0.717) is 0 Å². The van der Waals surface area contributed by atoms with E-state index in [1.807, 2.05) is 0 Å². The van der Waals surface area contributed by atoms with Gasteiger partial charge in [-0.05, 0) is 0 Å². The van der Waals surface area contributed by atoms with E-state index in [1.54, 1.807) is 0 Å². The molecular weight excluding hydrogens is 266 g/mol. The third-order valence-electron chi connectivity index (χ3n) is 2.18. The summed E-state index contributed by atoms with van der Waals surface area (Å²) in [4.78, 5) is 24.0. The first-order valence-electron chi connectivity index (χ1n) is 4.76. The van der Waals surface area contributed by atoms with E-state index in [4.69, 9.17) is 17.3 Å². The lowest BCUT2D eigenvalue weighted by Crippen LogP contribution is -2.26. The van der Waals surface area contributed by atoms with Crippen LogP contribution in [0.5, 0.6) is 0 Å². The maximum atomic E-state index is 10.6. The van der Waals surface area contributed by atoms with Crippen LogP contribution < -0.4 is 5.73 Å². The molecule has 0 aliphatic carbocycles. The highest BCUT2D eigenvalue weighted by atomic mass is 35.5. The number of aromatic nitrogens is 1. The van der Waals surface area contributed by atoms with Crippen LogP contribution in [0.4, 0.5) is 5.69 Å². The number of nitro groups is 1. The van der Waals surface area contributed by atoms with Crippen molar-refractivity contribution >= 4 is 23.2 Å². The lowest BCUT2D eigenvalue weighted by molar-refractivity contribution is -0.385. The lowest BCUT2D eigenvalue weighted by atomic mass is 10.0. The summed E-state index contributed by atoms with van der Waals surface area (Å²) in [6.07, 6.45) is -1.61. The molecule has 9 heteroatoms. The molecule has 18 heavy (non-hydrogen) atoms. The van der Waals surface area contributed by atoms with Gasteiger partial charge in [0.25, 0.3) is 0 Å². The fourth-order valence-electron chi connectivity index (χ4n) is 1.31. The van der Waals surface area contributed by atoms with E-state index in [-0.39, 0.29) is 10.6 Å². The minimum absolute atomic E-state index is 0.139. The molecule has 0 fully saturated rings. The van der Waals surface area contributed by atoms with Crippen molar-refractivity contribution in [2.24, 2.45) is 5.73 Å². The number of pyridine rings is 1. The van der Waals surface area contributed by atoms with Crippen molar-refractivity contribution in [3.8, 4) is 0 Å². The largest absolute Gasteiger partial charge is 0.390 e. The molecular formula is C9H10ClN3O5. The van der Waals surface area contributed by atoms with Crippen LogP contribution in [-0.2, 0) is 4.79 Å².